The smallest absolute Gasteiger partial charge is 0.00891 e. The number of rotatable bonds is 47. The van der Waals surface area contributed by atoms with Gasteiger partial charge in [-0.05, 0) is 97.1 Å². The lowest BCUT2D eigenvalue weighted by molar-refractivity contribution is 0.251. The van der Waals surface area contributed by atoms with Crippen molar-refractivity contribution in [1.82, 2.24) is 4.90 Å². The predicted octanol–water partition coefficient (Wildman–Crippen LogP) is 19.8. The summed E-state index contributed by atoms with van der Waals surface area (Å²) in [7, 11) is 4.55. The minimum absolute atomic E-state index is 0.454. The van der Waals surface area contributed by atoms with E-state index in [1.165, 1.54) is 276 Å². The van der Waals surface area contributed by atoms with E-state index in [-0.39, 0.29) is 0 Å². The highest BCUT2D eigenvalue weighted by atomic mass is 15.1. The first-order valence-electron chi connectivity index (χ1n) is 27.6. The molecule has 2 atom stereocenters. The average molecular weight is 830 g/mol. The van der Waals surface area contributed by atoms with E-state index in [1.807, 2.05) is 0 Å². The molecule has 2 nitrogen and oxygen atoms in total. The van der Waals surface area contributed by atoms with Gasteiger partial charge in [0.25, 0.3) is 0 Å². The Morgan fingerprint density at radius 3 is 0.831 bits per heavy atom. The second-order valence-electron chi connectivity index (χ2n) is 19.8. The van der Waals surface area contributed by atoms with Crippen molar-refractivity contribution in [3.8, 4) is 0 Å². The van der Waals surface area contributed by atoms with Crippen LogP contribution in [0.1, 0.15) is 311 Å². The largest absolute Gasteiger partial charge is 0.328 e. The predicted molar refractivity (Wildman–Crippen MR) is 274 cm³/mol. The maximum absolute atomic E-state index is 6.31. The zero-order valence-electron chi connectivity index (χ0n) is 42.5. The highest BCUT2D eigenvalue weighted by Gasteiger charge is 2.10. The van der Waals surface area contributed by atoms with Crippen molar-refractivity contribution in [3.05, 3.63) is 24.3 Å². The van der Waals surface area contributed by atoms with Gasteiger partial charge in [0.05, 0.1) is 0 Å². The molecule has 0 bridgehead atoms. The van der Waals surface area contributed by atoms with Crippen LogP contribution in [0.2, 0.25) is 0 Å². The first-order valence-corrected chi connectivity index (χ1v) is 27.6. The number of allylic oxidation sites excluding steroid dienone is 4. The molecule has 0 saturated carbocycles. The number of hydrogen-bond acceptors (Lipinski definition) is 2. The summed E-state index contributed by atoms with van der Waals surface area (Å²) in [5.74, 6) is 0.875. The molecular formula is C57H116N2. The molecule has 0 fully saturated rings. The highest BCUT2D eigenvalue weighted by Crippen LogP contribution is 2.18. The average Bonchev–Trinajstić information content (AvgIpc) is 3.22. The normalized spacial score (nSPS) is 13.0. The maximum Gasteiger partial charge on any atom is 0.00891 e. The summed E-state index contributed by atoms with van der Waals surface area (Å²) in [5, 5.41) is 0. The van der Waals surface area contributed by atoms with Gasteiger partial charge in [0, 0.05) is 12.1 Å². The zero-order valence-corrected chi connectivity index (χ0v) is 42.5. The number of unbranched alkanes of at least 4 members (excludes halogenated alkanes) is 32. The summed E-state index contributed by atoms with van der Waals surface area (Å²) in [6, 6.07) is 1.27. The second-order valence-corrected chi connectivity index (χ2v) is 19.8. The van der Waals surface area contributed by atoms with Gasteiger partial charge in [-0.3, -0.25) is 0 Å². The van der Waals surface area contributed by atoms with Gasteiger partial charge in [0.15, 0.2) is 0 Å². The van der Waals surface area contributed by atoms with Crippen molar-refractivity contribution in [2.24, 2.45) is 11.7 Å². The Kier molecular flexibility index (Phi) is 54.9. The summed E-state index contributed by atoms with van der Waals surface area (Å²) in [4.78, 5) is 2.47. The molecule has 0 aromatic heterocycles. The molecule has 354 valence electrons. The molecule has 59 heavy (non-hydrogen) atoms. The Bertz CT molecular complexity index is 784. The molecule has 0 aliphatic rings. The van der Waals surface area contributed by atoms with Crippen LogP contribution in [0.25, 0.3) is 0 Å². The fourth-order valence-electron chi connectivity index (χ4n) is 8.56. The minimum Gasteiger partial charge on any atom is -0.328 e. The van der Waals surface area contributed by atoms with Crippen LogP contribution in [0.5, 0.6) is 0 Å². The van der Waals surface area contributed by atoms with Crippen LogP contribution in [0.3, 0.4) is 0 Å². The van der Waals surface area contributed by atoms with Gasteiger partial charge in [-0.2, -0.15) is 0 Å². The summed E-state index contributed by atoms with van der Waals surface area (Å²) in [6.45, 7) is 11.5. The van der Waals surface area contributed by atoms with Crippen molar-refractivity contribution < 1.29 is 0 Å². The first-order chi connectivity index (χ1) is 28.9. The summed E-state index contributed by atoms with van der Waals surface area (Å²) in [5.41, 5.74) is 6.31. The molecule has 0 aromatic rings. The Labute approximate surface area is 376 Å². The van der Waals surface area contributed by atoms with Crippen LogP contribution in [-0.4, -0.2) is 31.1 Å². The van der Waals surface area contributed by atoms with Gasteiger partial charge in [0.1, 0.15) is 0 Å². The van der Waals surface area contributed by atoms with Crippen LogP contribution in [0.15, 0.2) is 24.3 Å². The van der Waals surface area contributed by atoms with E-state index in [0.29, 0.717) is 6.04 Å². The fraction of sp³-hybridized carbons (Fsp3) is 0.930. The second kappa shape index (κ2) is 53.5. The topological polar surface area (TPSA) is 29.3 Å². The third-order valence-electron chi connectivity index (χ3n) is 12.9. The van der Waals surface area contributed by atoms with Crippen LogP contribution in [0, 0.1) is 5.92 Å². The van der Waals surface area contributed by atoms with E-state index in [9.17, 15) is 0 Å². The molecule has 0 saturated heterocycles. The lowest BCUT2D eigenvalue weighted by Gasteiger charge is -2.24. The molecule has 0 aliphatic heterocycles. The molecule has 0 spiro atoms. The van der Waals surface area contributed by atoms with Crippen molar-refractivity contribution >= 4 is 0 Å². The number of hydrogen-bond donors (Lipinski definition) is 1. The lowest BCUT2D eigenvalue weighted by Crippen LogP contribution is -2.27. The number of nitrogens with two attached hydrogens (primary N) is 1. The molecule has 2 heteroatoms. The van der Waals surface area contributed by atoms with Crippen molar-refractivity contribution in [3.63, 3.8) is 0 Å². The third-order valence-corrected chi connectivity index (χ3v) is 12.9. The van der Waals surface area contributed by atoms with Gasteiger partial charge in [-0.15, -0.1) is 0 Å². The SMILES string of the molecule is CCCCCCCC/C=C\CCCCCCCC(CCCCCCCC)N(C)C.CCCCCCCCC=CCCCCCCCC(N)CCCCCCCCC(C)C. The monoisotopic (exact) mass is 829 g/mol. The van der Waals surface area contributed by atoms with E-state index in [4.69, 9.17) is 5.73 Å². The van der Waals surface area contributed by atoms with E-state index < -0.39 is 0 Å². The highest BCUT2D eigenvalue weighted by molar-refractivity contribution is 4.82. The van der Waals surface area contributed by atoms with Gasteiger partial charge in [-0.25, -0.2) is 0 Å². The van der Waals surface area contributed by atoms with Crippen molar-refractivity contribution in [2.75, 3.05) is 14.1 Å². The Morgan fingerprint density at radius 1 is 0.322 bits per heavy atom. The van der Waals surface area contributed by atoms with Crippen LogP contribution >= 0.6 is 0 Å². The molecular weight excluding hydrogens is 713 g/mol. The summed E-state index contributed by atoms with van der Waals surface area (Å²) < 4.78 is 0. The maximum atomic E-state index is 6.31. The van der Waals surface area contributed by atoms with E-state index in [1.54, 1.807) is 0 Å². The van der Waals surface area contributed by atoms with Crippen LogP contribution in [-0.2, 0) is 0 Å². The van der Waals surface area contributed by atoms with E-state index in [0.717, 1.165) is 12.0 Å². The molecule has 0 rings (SSSR count). The van der Waals surface area contributed by atoms with Gasteiger partial charge in [-0.1, -0.05) is 258 Å². The fourth-order valence-corrected chi connectivity index (χ4v) is 8.56. The van der Waals surface area contributed by atoms with Crippen LogP contribution < -0.4 is 5.73 Å². The summed E-state index contributed by atoms with van der Waals surface area (Å²) >= 11 is 0. The van der Waals surface area contributed by atoms with Gasteiger partial charge in [0.2, 0.25) is 0 Å². The van der Waals surface area contributed by atoms with Crippen LogP contribution in [0.4, 0.5) is 0 Å². The molecule has 0 aliphatic carbocycles. The Morgan fingerprint density at radius 2 is 0.559 bits per heavy atom. The molecule has 0 radical (unpaired) electrons. The quantitative estimate of drug-likeness (QED) is 0.0489. The van der Waals surface area contributed by atoms with Crippen molar-refractivity contribution in [1.29, 1.82) is 0 Å². The van der Waals surface area contributed by atoms with E-state index >= 15 is 0 Å². The van der Waals surface area contributed by atoms with E-state index in [2.05, 4.69) is 77.9 Å². The summed E-state index contributed by atoms with van der Waals surface area (Å²) in [6.07, 6.45) is 69.5. The standard InChI is InChI=1S/C29H59N.C28H57N/c1-4-5-6-7-8-9-10-11-12-13-14-15-16-20-23-26-29(30)27-24-21-18-17-19-22-25-28(2)3;1-5-7-9-11-13-14-15-16-17-18-19-20-21-23-25-27-28(29(3)4)26-24-22-12-10-8-6-2/h11-12,28-29H,4-10,13-27,30H2,1-3H3;16-17,28H,5-15,18-27H2,1-4H3/b;17-16-. The lowest BCUT2D eigenvalue weighted by atomic mass is 9.99. The zero-order chi connectivity index (χ0) is 43.5. The van der Waals surface area contributed by atoms with Crippen molar-refractivity contribution in [2.45, 2.75) is 323 Å². The molecule has 0 heterocycles. The molecule has 2 N–H and O–H groups in total. The third kappa shape index (κ3) is 55.4. The Balaban J connectivity index is 0. The minimum atomic E-state index is 0.454. The van der Waals surface area contributed by atoms with Gasteiger partial charge < -0.3 is 10.6 Å². The Hall–Kier alpha value is -0.600. The van der Waals surface area contributed by atoms with Gasteiger partial charge >= 0.3 is 0 Å². The molecule has 0 amide bonds. The molecule has 0 aromatic carbocycles. The first kappa shape index (κ1) is 60.5. The molecule has 2 unspecified atom stereocenters. The number of nitrogens with zero attached hydrogens (tertiary/aromatic N) is 1.